The Kier molecular flexibility index (Phi) is 4.25. The van der Waals surface area contributed by atoms with Crippen LogP contribution in [0.4, 0.5) is 10.1 Å². The zero-order chi connectivity index (χ0) is 12.1. The van der Waals surface area contributed by atoms with Crippen molar-refractivity contribution >= 4 is 11.6 Å². The van der Waals surface area contributed by atoms with Gasteiger partial charge in [-0.2, -0.15) is 0 Å². The molecule has 0 bridgehead atoms. The smallest absolute Gasteiger partial charge is 0.251 e. The van der Waals surface area contributed by atoms with Gasteiger partial charge in [-0.05, 0) is 25.1 Å². The SMILES string of the molecule is COCC(C)NC(=O)c1cc(N)cc(F)c1. The summed E-state index contributed by atoms with van der Waals surface area (Å²) in [5, 5.41) is 2.67. The lowest BCUT2D eigenvalue weighted by atomic mass is 10.1. The monoisotopic (exact) mass is 226 g/mol. The molecule has 1 aromatic rings. The summed E-state index contributed by atoms with van der Waals surface area (Å²) in [6.07, 6.45) is 0. The van der Waals surface area contributed by atoms with E-state index in [-0.39, 0.29) is 23.2 Å². The van der Waals surface area contributed by atoms with Crippen molar-refractivity contribution in [3.8, 4) is 0 Å². The van der Waals surface area contributed by atoms with Gasteiger partial charge < -0.3 is 15.8 Å². The van der Waals surface area contributed by atoms with E-state index in [0.29, 0.717) is 6.61 Å². The molecule has 1 rings (SSSR count). The number of nitrogen functional groups attached to an aromatic ring is 1. The van der Waals surface area contributed by atoms with Crippen molar-refractivity contribution in [2.45, 2.75) is 13.0 Å². The molecule has 0 saturated carbocycles. The minimum Gasteiger partial charge on any atom is -0.399 e. The topological polar surface area (TPSA) is 64.3 Å². The van der Waals surface area contributed by atoms with Gasteiger partial charge in [0.15, 0.2) is 0 Å². The minimum atomic E-state index is -0.524. The first-order valence-electron chi connectivity index (χ1n) is 4.89. The summed E-state index contributed by atoms with van der Waals surface area (Å²) in [7, 11) is 1.54. The van der Waals surface area contributed by atoms with Gasteiger partial charge in [0.2, 0.25) is 0 Å². The number of anilines is 1. The van der Waals surface area contributed by atoms with Crippen molar-refractivity contribution < 1.29 is 13.9 Å². The number of halogens is 1. The first kappa shape index (κ1) is 12.4. The van der Waals surface area contributed by atoms with E-state index in [0.717, 1.165) is 12.1 Å². The number of nitrogens with one attached hydrogen (secondary N) is 1. The average molecular weight is 226 g/mol. The largest absolute Gasteiger partial charge is 0.399 e. The fourth-order valence-corrected chi connectivity index (χ4v) is 1.34. The lowest BCUT2D eigenvalue weighted by Gasteiger charge is -2.12. The summed E-state index contributed by atoms with van der Waals surface area (Å²) >= 11 is 0. The fourth-order valence-electron chi connectivity index (χ4n) is 1.34. The number of methoxy groups -OCH3 is 1. The predicted octanol–water partition coefficient (Wildman–Crippen LogP) is 1.17. The Bertz CT molecular complexity index is 362. The first-order valence-corrected chi connectivity index (χ1v) is 4.89. The Labute approximate surface area is 93.6 Å². The van der Waals surface area contributed by atoms with E-state index in [9.17, 15) is 9.18 Å². The highest BCUT2D eigenvalue weighted by molar-refractivity contribution is 5.95. The number of nitrogens with two attached hydrogens (primary N) is 1. The van der Waals surface area contributed by atoms with Gasteiger partial charge in [-0.3, -0.25) is 4.79 Å². The third-order valence-electron chi connectivity index (χ3n) is 1.98. The Balaban J connectivity index is 2.72. The van der Waals surface area contributed by atoms with Crippen LogP contribution in [0.15, 0.2) is 18.2 Å². The van der Waals surface area contributed by atoms with Crippen LogP contribution >= 0.6 is 0 Å². The quantitative estimate of drug-likeness (QED) is 0.757. The van der Waals surface area contributed by atoms with Crippen molar-refractivity contribution in [2.75, 3.05) is 19.5 Å². The van der Waals surface area contributed by atoms with E-state index in [1.165, 1.54) is 6.07 Å². The summed E-state index contributed by atoms with van der Waals surface area (Å²) in [6.45, 7) is 2.20. The summed E-state index contributed by atoms with van der Waals surface area (Å²) in [6, 6.07) is 3.60. The third-order valence-corrected chi connectivity index (χ3v) is 1.98. The molecular formula is C11H15FN2O2. The van der Waals surface area contributed by atoms with E-state index in [4.69, 9.17) is 10.5 Å². The van der Waals surface area contributed by atoms with Gasteiger partial charge in [0.25, 0.3) is 5.91 Å². The Morgan fingerprint density at radius 1 is 1.56 bits per heavy atom. The molecule has 5 heteroatoms. The fraction of sp³-hybridized carbons (Fsp3) is 0.364. The van der Waals surface area contributed by atoms with Gasteiger partial charge in [-0.25, -0.2) is 4.39 Å². The number of hydrogen-bond acceptors (Lipinski definition) is 3. The van der Waals surface area contributed by atoms with Gasteiger partial charge in [0.05, 0.1) is 6.61 Å². The molecule has 1 atom stereocenters. The zero-order valence-corrected chi connectivity index (χ0v) is 9.29. The Morgan fingerprint density at radius 2 is 2.25 bits per heavy atom. The standard InChI is InChI=1S/C11H15FN2O2/c1-7(6-16-2)14-11(15)8-3-9(12)5-10(13)4-8/h3-5,7H,6,13H2,1-2H3,(H,14,15). The maximum absolute atomic E-state index is 13.0. The van der Waals surface area contributed by atoms with E-state index in [2.05, 4.69) is 5.32 Å². The molecule has 0 fully saturated rings. The molecule has 0 aliphatic heterocycles. The number of amides is 1. The molecule has 0 aromatic heterocycles. The van der Waals surface area contributed by atoms with Crippen molar-refractivity contribution in [1.29, 1.82) is 0 Å². The maximum Gasteiger partial charge on any atom is 0.251 e. The second-order valence-corrected chi connectivity index (χ2v) is 3.60. The second-order valence-electron chi connectivity index (χ2n) is 3.60. The molecular weight excluding hydrogens is 211 g/mol. The highest BCUT2D eigenvalue weighted by atomic mass is 19.1. The van der Waals surface area contributed by atoms with Crippen LogP contribution < -0.4 is 11.1 Å². The molecule has 1 aromatic carbocycles. The molecule has 4 nitrogen and oxygen atoms in total. The van der Waals surface area contributed by atoms with Crippen LogP contribution in [-0.4, -0.2) is 25.7 Å². The molecule has 16 heavy (non-hydrogen) atoms. The number of benzene rings is 1. The lowest BCUT2D eigenvalue weighted by Crippen LogP contribution is -2.35. The molecule has 0 saturated heterocycles. The van der Waals surface area contributed by atoms with Crippen LogP contribution in [0, 0.1) is 5.82 Å². The van der Waals surface area contributed by atoms with Gasteiger partial charge in [0, 0.05) is 24.4 Å². The Hall–Kier alpha value is -1.62. The van der Waals surface area contributed by atoms with Crippen LogP contribution in [0.5, 0.6) is 0 Å². The predicted molar refractivity (Wildman–Crippen MR) is 59.6 cm³/mol. The van der Waals surface area contributed by atoms with Gasteiger partial charge in [0.1, 0.15) is 5.82 Å². The van der Waals surface area contributed by atoms with Gasteiger partial charge >= 0.3 is 0 Å². The van der Waals surface area contributed by atoms with E-state index >= 15 is 0 Å². The van der Waals surface area contributed by atoms with E-state index < -0.39 is 5.82 Å². The zero-order valence-electron chi connectivity index (χ0n) is 9.29. The van der Waals surface area contributed by atoms with Crippen molar-refractivity contribution in [3.63, 3.8) is 0 Å². The average Bonchev–Trinajstić information content (AvgIpc) is 2.16. The van der Waals surface area contributed by atoms with Crippen LogP contribution in [-0.2, 0) is 4.74 Å². The Morgan fingerprint density at radius 3 is 2.81 bits per heavy atom. The maximum atomic E-state index is 13.0. The molecule has 3 N–H and O–H groups in total. The summed E-state index contributed by atoms with van der Waals surface area (Å²) < 4.78 is 17.9. The molecule has 0 aliphatic carbocycles. The van der Waals surface area contributed by atoms with Crippen molar-refractivity contribution in [1.82, 2.24) is 5.32 Å². The first-order chi connectivity index (χ1) is 7.52. The highest BCUT2D eigenvalue weighted by Crippen LogP contribution is 2.10. The van der Waals surface area contributed by atoms with Crippen LogP contribution in [0.2, 0.25) is 0 Å². The molecule has 1 amide bonds. The summed E-state index contributed by atoms with van der Waals surface area (Å²) in [5.74, 6) is -0.889. The minimum absolute atomic E-state index is 0.137. The van der Waals surface area contributed by atoms with Crippen LogP contribution in [0.25, 0.3) is 0 Å². The molecule has 0 radical (unpaired) electrons. The molecule has 88 valence electrons. The molecule has 0 spiro atoms. The van der Waals surface area contributed by atoms with Crippen molar-refractivity contribution in [3.05, 3.63) is 29.6 Å². The van der Waals surface area contributed by atoms with Crippen molar-refractivity contribution in [2.24, 2.45) is 0 Å². The second kappa shape index (κ2) is 5.46. The third kappa shape index (κ3) is 3.51. The number of ether oxygens (including phenoxy) is 1. The van der Waals surface area contributed by atoms with Gasteiger partial charge in [-0.1, -0.05) is 0 Å². The van der Waals surface area contributed by atoms with Crippen LogP contribution in [0.3, 0.4) is 0 Å². The highest BCUT2D eigenvalue weighted by Gasteiger charge is 2.11. The van der Waals surface area contributed by atoms with E-state index in [1.54, 1.807) is 14.0 Å². The van der Waals surface area contributed by atoms with Gasteiger partial charge in [-0.15, -0.1) is 0 Å². The number of rotatable bonds is 4. The number of carbonyl (C=O) groups is 1. The number of hydrogen-bond donors (Lipinski definition) is 2. The molecule has 1 unspecified atom stereocenters. The molecule has 0 heterocycles. The number of carbonyl (C=O) groups excluding carboxylic acids is 1. The lowest BCUT2D eigenvalue weighted by molar-refractivity contribution is 0.0905. The molecule has 0 aliphatic rings. The van der Waals surface area contributed by atoms with E-state index in [1.807, 2.05) is 0 Å². The normalized spacial score (nSPS) is 12.2. The van der Waals surface area contributed by atoms with Crippen LogP contribution in [0.1, 0.15) is 17.3 Å². The summed E-state index contributed by atoms with van der Waals surface area (Å²) in [5.41, 5.74) is 5.88. The summed E-state index contributed by atoms with van der Waals surface area (Å²) in [4.78, 5) is 11.6.